The van der Waals surface area contributed by atoms with E-state index in [4.69, 9.17) is 5.21 Å². The van der Waals surface area contributed by atoms with Crippen LogP contribution in [0.25, 0.3) is 6.08 Å². The molecule has 7 nitrogen and oxygen atoms in total. The number of amides is 2. The Hall–Kier alpha value is -3.46. The smallest absolute Gasteiger partial charge is 0.387 e. The van der Waals surface area contributed by atoms with E-state index in [-0.39, 0.29) is 11.7 Å². The zero-order chi connectivity index (χ0) is 21.5. The highest BCUT2D eigenvalue weighted by Crippen LogP contribution is 2.24. The quantitative estimate of drug-likeness (QED) is 0.429. The van der Waals surface area contributed by atoms with Gasteiger partial charge in [0.2, 0.25) is 0 Å². The van der Waals surface area contributed by atoms with Crippen LogP contribution < -0.4 is 15.1 Å². The standard InChI is InChI=1S/C21H21F2N3O4/c22-21(23)30-17-8-5-16(6-9-17)20(28)26-13-11-25(12-14-26)18-4-2-1-3-15(18)7-10-19(27)24-29/h1-10,21,29H,11-14H2,(H,24,27)/b10-7+. The second-order valence-electron chi connectivity index (χ2n) is 6.55. The van der Waals surface area contributed by atoms with E-state index < -0.39 is 12.5 Å². The van der Waals surface area contributed by atoms with Crippen molar-refractivity contribution in [2.24, 2.45) is 0 Å². The van der Waals surface area contributed by atoms with Gasteiger partial charge in [-0.15, -0.1) is 0 Å². The summed E-state index contributed by atoms with van der Waals surface area (Å²) >= 11 is 0. The van der Waals surface area contributed by atoms with Crippen LogP contribution in [0.5, 0.6) is 5.75 Å². The molecule has 0 unspecified atom stereocenters. The molecule has 2 N–H and O–H groups in total. The zero-order valence-corrected chi connectivity index (χ0v) is 16.0. The van der Waals surface area contributed by atoms with Gasteiger partial charge in [0.25, 0.3) is 11.8 Å². The third kappa shape index (κ3) is 5.32. The minimum absolute atomic E-state index is 0.00547. The summed E-state index contributed by atoms with van der Waals surface area (Å²) in [5, 5.41) is 8.62. The molecule has 1 aliphatic heterocycles. The van der Waals surface area contributed by atoms with Gasteiger partial charge < -0.3 is 14.5 Å². The number of alkyl halides is 2. The van der Waals surface area contributed by atoms with Crippen molar-refractivity contribution in [1.82, 2.24) is 10.4 Å². The summed E-state index contributed by atoms with van der Waals surface area (Å²) < 4.78 is 28.8. The lowest BCUT2D eigenvalue weighted by molar-refractivity contribution is -0.124. The molecular weight excluding hydrogens is 396 g/mol. The van der Waals surface area contributed by atoms with Gasteiger partial charge in [-0.2, -0.15) is 8.78 Å². The molecule has 0 atom stereocenters. The van der Waals surface area contributed by atoms with Crippen molar-refractivity contribution >= 4 is 23.6 Å². The molecule has 0 spiro atoms. The first kappa shape index (κ1) is 21.3. The zero-order valence-electron chi connectivity index (χ0n) is 16.0. The molecule has 0 bridgehead atoms. The maximum atomic E-state index is 12.7. The van der Waals surface area contributed by atoms with Crippen LogP contribution in [0, 0.1) is 0 Å². The molecule has 0 radical (unpaired) electrons. The summed E-state index contributed by atoms with van der Waals surface area (Å²) in [6.07, 6.45) is 2.85. The van der Waals surface area contributed by atoms with Gasteiger partial charge in [0, 0.05) is 43.5 Å². The summed E-state index contributed by atoms with van der Waals surface area (Å²) in [4.78, 5) is 27.8. The fourth-order valence-corrected chi connectivity index (χ4v) is 3.23. The van der Waals surface area contributed by atoms with Crippen LogP contribution in [0.2, 0.25) is 0 Å². The van der Waals surface area contributed by atoms with Gasteiger partial charge in [0.1, 0.15) is 5.75 Å². The van der Waals surface area contributed by atoms with Crippen LogP contribution >= 0.6 is 0 Å². The fourth-order valence-electron chi connectivity index (χ4n) is 3.23. The molecule has 2 aromatic rings. The molecule has 0 aliphatic carbocycles. The van der Waals surface area contributed by atoms with Gasteiger partial charge in [-0.05, 0) is 42.0 Å². The molecule has 158 valence electrons. The minimum Gasteiger partial charge on any atom is -0.435 e. The first-order valence-corrected chi connectivity index (χ1v) is 9.28. The maximum Gasteiger partial charge on any atom is 0.387 e. The maximum absolute atomic E-state index is 12.7. The molecule has 2 aromatic carbocycles. The van der Waals surface area contributed by atoms with E-state index >= 15 is 0 Å². The Bertz CT molecular complexity index is 911. The van der Waals surface area contributed by atoms with E-state index in [0.717, 1.165) is 11.3 Å². The number of hydroxylamine groups is 1. The number of ether oxygens (including phenoxy) is 1. The first-order valence-electron chi connectivity index (χ1n) is 9.28. The average molecular weight is 417 g/mol. The lowest BCUT2D eigenvalue weighted by Gasteiger charge is -2.36. The number of nitrogens with one attached hydrogen (secondary N) is 1. The van der Waals surface area contributed by atoms with Crippen LogP contribution in [0.3, 0.4) is 0 Å². The molecule has 1 saturated heterocycles. The normalized spacial score (nSPS) is 14.3. The third-order valence-electron chi connectivity index (χ3n) is 4.70. The number of halogens is 2. The van der Waals surface area contributed by atoms with E-state index in [1.54, 1.807) is 16.5 Å². The van der Waals surface area contributed by atoms with Crippen molar-refractivity contribution in [2.45, 2.75) is 6.61 Å². The van der Waals surface area contributed by atoms with Gasteiger partial charge in [-0.3, -0.25) is 14.8 Å². The molecule has 0 saturated carbocycles. The number of piperazine rings is 1. The Morgan fingerprint density at radius 3 is 2.33 bits per heavy atom. The molecule has 0 aromatic heterocycles. The second-order valence-corrected chi connectivity index (χ2v) is 6.55. The third-order valence-corrected chi connectivity index (χ3v) is 4.70. The van der Waals surface area contributed by atoms with E-state index in [1.807, 2.05) is 24.3 Å². The first-order chi connectivity index (χ1) is 14.5. The SMILES string of the molecule is O=C(/C=C/c1ccccc1N1CCN(C(=O)c2ccc(OC(F)F)cc2)CC1)NO. The number of hydrogen-bond acceptors (Lipinski definition) is 5. The summed E-state index contributed by atoms with van der Waals surface area (Å²) in [7, 11) is 0. The van der Waals surface area contributed by atoms with E-state index in [2.05, 4.69) is 9.64 Å². The highest BCUT2D eigenvalue weighted by molar-refractivity contribution is 5.94. The second kappa shape index (κ2) is 9.84. The molecule has 3 rings (SSSR count). The number of para-hydroxylation sites is 1. The van der Waals surface area contributed by atoms with Crippen molar-refractivity contribution in [1.29, 1.82) is 0 Å². The number of benzene rings is 2. The van der Waals surface area contributed by atoms with Crippen molar-refractivity contribution < 1.29 is 28.3 Å². The Kier molecular flexibility index (Phi) is 6.97. The number of carbonyl (C=O) groups is 2. The van der Waals surface area contributed by atoms with Gasteiger partial charge in [0.05, 0.1) is 0 Å². The number of rotatable bonds is 6. The molecule has 9 heteroatoms. The van der Waals surface area contributed by atoms with Crippen LogP contribution in [-0.4, -0.2) is 54.7 Å². The molecule has 1 aliphatic rings. The summed E-state index contributed by atoms with van der Waals surface area (Å²) in [6.45, 7) is -0.743. The van der Waals surface area contributed by atoms with Crippen molar-refractivity contribution in [3.05, 3.63) is 65.7 Å². The van der Waals surface area contributed by atoms with Gasteiger partial charge >= 0.3 is 6.61 Å². The van der Waals surface area contributed by atoms with E-state index in [9.17, 15) is 18.4 Å². The van der Waals surface area contributed by atoms with Gasteiger partial charge in [-0.1, -0.05) is 18.2 Å². The van der Waals surface area contributed by atoms with Crippen LogP contribution in [0.1, 0.15) is 15.9 Å². The highest BCUT2D eigenvalue weighted by Gasteiger charge is 2.23. The van der Waals surface area contributed by atoms with Crippen molar-refractivity contribution in [3.63, 3.8) is 0 Å². The van der Waals surface area contributed by atoms with Gasteiger partial charge in [0.15, 0.2) is 0 Å². The Balaban J connectivity index is 1.63. The Morgan fingerprint density at radius 1 is 1.03 bits per heavy atom. The van der Waals surface area contributed by atoms with Crippen molar-refractivity contribution in [3.8, 4) is 5.75 Å². The van der Waals surface area contributed by atoms with Crippen LogP contribution in [0.15, 0.2) is 54.6 Å². The van der Waals surface area contributed by atoms with Gasteiger partial charge in [-0.25, -0.2) is 5.48 Å². The highest BCUT2D eigenvalue weighted by atomic mass is 19.3. The average Bonchev–Trinajstić information content (AvgIpc) is 2.77. The molecule has 1 fully saturated rings. The van der Waals surface area contributed by atoms with Crippen LogP contribution in [-0.2, 0) is 4.79 Å². The lowest BCUT2D eigenvalue weighted by atomic mass is 10.1. The summed E-state index contributed by atoms with van der Waals surface area (Å²) in [5.74, 6) is -0.790. The summed E-state index contributed by atoms with van der Waals surface area (Å²) in [6, 6.07) is 13.2. The monoisotopic (exact) mass is 417 g/mol. The topological polar surface area (TPSA) is 82.1 Å². The Morgan fingerprint density at radius 2 is 1.70 bits per heavy atom. The number of hydrogen-bond donors (Lipinski definition) is 2. The molecule has 30 heavy (non-hydrogen) atoms. The van der Waals surface area contributed by atoms with E-state index in [0.29, 0.717) is 31.7 Å². The number of nitrogens with zero attached hydrogens (tertiary/aromatic N) is 2. The predicted octanol–water partition coefficient (Wildman–Crippen LogP) is 2.77. The molecule has 2 amide bonds. The van der Waals surface area contributed by atoms with Crippen molar-refractivity contribution in [2.75, 3.05) is 31.1 Å². The molecular formula is C21H21F2N3O4. The fraction of sp³-hybridized carbons (Fsp3) is 0.238. The number of carbonyl (C=O) groups excluding carboxylic acids is 2. The summed E-state index contributed by atoms with van der Waals surface area (Å²) in [5.41, 5.74) is 3.69. The van der Waals surface area contributed by atoms with E-state index in [1.165, 1.54) is 30.3 Å². The largest absolute Gasteiger partial charge is 0.435 e. The Labute approximate surface area is 172 Å². The lowest BCUT2D eigenvalue weighted by Crippen LogP contribution is -2.49. The minimum atomic E-state index is -2.91. The number of anilines is 1. The van der Waals surface area contributed by atoms with Crippen LogP contribution in [0.4, 0.5) is 14.5 Å². The predicted molar refractivity (Wildman–Crippen MR) is 107 cm³/mol. The molecule has 1 heterocycles.